The molecule has 0 saturated carbocycles. The monoisotopic (exact) mass is 240 g/mol. The zero-order chi connectivity index (χ0) is 9.90. The van der Waals surface area contributed by atoms with Crippen LogP contribution in [-0.4, -0.2) is 15.1 Å². The van der Waals surface area contributed by atoms with Crippen LogP contribution in [0.3, 0.4) is 0 Å². The van der Waals surface area contributed by atoms with E-state index in [-0.39, 0.29) is 24.0 Å². The van der Waals surface area contributed by atoms with Gasteiger partial charge in [-0.2, -0.15) is 4.72 Å². The number of halogens is 2. The van der Waals surface area contributed by atoms with Crippen LogP contribution in [0.1, 0.15) is 0 Å². The van der Waals surface area contributed by atoms with Crippen molar-refractivity contribution in [2.24, 2.45) is 5.73 Å². The molecule has 1 rings (SSSR count). The maximum Gasteiger partial charge on any atom is 0.241 e. The highest BCUT2D eigenvalue weighted by atomic mass is 35.5. The summed E-state index contributed by atoms with van der Waals surface area (Å²) in [5.41, 5.74) is 5.01. The zero-order valence-electron chi connectivity index (χ0n) is 7.10. The first-order valence-corrected chi connectivity index (χ1v) is 5.00. The molecular weight excluding hydrogens is 231 g/mol. The molecule has 80 valence electrons. The minimum absolute atomic E-state index is 0. The van der Waals surface area contributed by atoms with Gasteiger partial charge in [0.05, 0.1) is 11.6 Å². The van der Waals surface area contributed by atoms with Gasteiger partial charge in [-0.1, -0.05) is 6.07 Å². The van der Waals surface area contributed by atoms with Gasteiger partial charge in [0.15, 0.2) is 0 Å². The molecule has 0 aromatic heterocycles. The SMILES string of the molecule is Cl.NCNS(=O)(=O)c1cccc(F)c1. The predicted molar refractivity (Wildman–Crippen MR) is 53.0 cm³/mol. The van der Waals surface area contributed by atoms with Gasteiger partial charge in [-0.25, -0.2) is 12.8 Å². The van der Waals surface area contributed by atoms with E-state index < -0.39 is 15.8 Å². The van der Waals surface area contributed by atoms with E-state index in [4.69, 9.17) is 5.73 Å². The van der Waals surface area contributed by atoms with Crippen LogP contribution >= 0.6 is 12.4 Å². The maximum absolute atomic E-state index is 12.6. The Hall–Kier alpha value is -0.690. The van der Waals surface area contributed by atoms with Crippen LogP contribution in [0.2, 0.25) is 0 Å². The number of hydrogen-bond donors (Lipinski definition) is 2. The standard InChI is InChI=1S/C7H9FN2O2S.ClH/c8-6-2-1-3-7(4-6)13(11,12)10-5-9;/h1-4,10H,5,9H2;1H. The fourth-order valence-corrected chi connectivity index (χ4v) is 1.74. The number of sulfonamides is 1. The summed E-state index contributed by atoms with van der Waals surface area (Å²) >= 11 is 0. The fraction of sp³-hybridized carbons (Fsp3) is 0.143. The van der Waals surface area contributed by atoms with E-state index in [1.165, 1.54) is 18.2 Å². The maximum atomic E-state index is 12.6. The molecule has 0 unspecified atom stereocenters. The first-order chi connectivity index (χ1) is 6.06. The molecule has 0 radical (unpaired) electrons. The molecule has 0 aliphatic carbocycles. The molecule has 0 fully saturated rings. The average Bonchev–Trinajstić information content (AvgIpc) is 2.04. The van der Waals surface area contributed by atoms with Gasteiger partial charge < -0.3 is 5.73 Å². The normalized spacial score (nSPS) is 10.7. The van der Waals surface area contributed by atoms with Gasteiger partial charge in [0.25, 0.3) is 0 Å². The summed E-state index contributed by atoms with van der Waals surface area (Å²) in [6, 6.07) is 4.71. The molecule has 7 heteroatoms. The quantitative estimate of drug-likeness (QED) is 0.754. The third-order valence-electron chi connectivity index (χ3n) is 1.38. The molecule has 14 heavy (non-hydrogen) atoms. The van der Waals surface area contributed by atoms with E-state index in [0.29, 0.717) is 0 Å². The second kappa shape index (κ2) is 5.26. The molecule has 0 bridgehead atoms. The van der Waals surface area contributed by atoms with Crippen LogP contribution in [0, 0.1) is 5.82 Å². The van der Waals surface area contributed by atoms with E-state index >= 15 is 0 Å². The minimum atomic E-state index is -3.65. The first kappa shape index (κ1) is 13.3. The third kappa shape index (κ3) is 3.22. The van der Waals surface area contributed by atoms with Gasteiger partial charge in [-0.05, 0) is 18.2 Å². The van der Waals surface area contributed by atoms with Crippen molar-refractivity contribution >= 4 is 22.4 Å². The minimum Gasteiger partial charge on any atom is -0.318 e. The fourth-order valence-electron chi connectivity index (χ4n) is 0.827. The highest BCUT2D eigenvalue weighted by molar-refractivity contribution is 7.89. The molecule has 1 aromatic carbocycles. The summed E-state index contributed by atoms with van der Waals surface area (Å²) in [7, 11) is -3.65. The van der Waals surface area contributed by atoms with Gasteiger partial charge in [0.1, 0.15) is 5.82 Å². The molecule has 1 aromatic rings. The van der Waals surface area contributed by atoms with E-state index in [9.17, 15) is 12.8 Å². The van der Waals surface area contributed by atoms with E-state index in [2.05, 4.69) is 0 Å². The Morgan fingerprint density at radius 1 is 1.43 bits per heavy atom. The molecule has 3 N–H and O–H groups in total. The Balaban J connectivity index is 0.00000169. The summed E-state index contributed by atoms with van der Waals surface area (Å²) in [6.07, 6.45) is 0. The van der Waals surface area contributed by atoms with Gasteiger partial charge >= 0.3 is 0 Å². The molecule has 4 nitrogen and oxygen atoms in total. The Morgan fingerprint density at radius 3 is 2.57 bits per heavy atom. The van der Waals surface area contributed by atoms with Crippen molar-refractivity contribution < 1.29 is 12.8 Å². The lowest BCUT2D eigenvalue weighted by molar-refractivity contribution is 0.579. The number of hydrogen-bond acceptors (Lipinski definition) is 3. The van der Waals surface area contributed by atoms with Crippen LogP contribution in [0.25, 0.3) is 0 Å². The van der Waals surface area contributed by atoms with Crippen molar-refractivity contribution in [3.8, 4) is 0 Å². The summed E-state index contributed by atoms with van der Waals surface area (Å²) in [5, 5.41) is 0. The van der Waals surface area contributed by atoms with Crippen molar-refractivity contribution in [1.82, 2.24) is 4.72 Å². The van der Waals surface area contributed by atoms with Crippen molar-refractivity contribution in [1.29, 1.82) is 0 Å². The lowest BCUT2D eigenvalue weighted by Crippen LogP contribution is -2.29. The smallest absolute Gasteiger partial charge is 0.241 e. The summed E-state index contributed by atoms with van der Waals surface area (Å²) in [4.78, 5) is -0.127. The van der Waals surface area contributed by atoms with Crippen LogP contribution in [0.4, 0.5) is 4.39 Å². The zero-order valence-corrected chi connectivity index (χ0v) is 8.74. The second-order valence-electron chi connectivity index (χ2n) is 2.31. The molecule has 0 aliphatic rings. The van der Waals surface area contributed by atoms with Crippen LogP contribution in [0.5, 0.6) is 0 Å². The molecular formula is C7H10ClFN2O2S. The van der Waals surface area contributed by atoms with Crippen LogP contribution in [-0.2, 0) is 10.0 Å². The van der Waals surface area contributed by atoms with Crippen molar-refractivity contribution in [2.45, 2.75) is 4.90 Å². The average molecular weight is 241 g/mol. The molecule has 0 saturated heterocycles. The molecule has 0 atom stereocenters. The highest BCUT2D eigenvalue weighted by Crippen LogP contribution is 2.09. The topological polar surface area (TPSA) is 72.2 Å². The van der Waals surface area contributed by atoms with E-state index in [1.54, 1.807) is 0 Å². The number of rotatable bonds is 3. The van der Waals surface area contributed by atoms with Gasteiger partial charge in [0, 0.05) is 0 Å². The lowest BCUT2D eigenvalue weighted by atomic mass is 10.4. The Morgan fingerprint density at radius 2 is 2.07 bits per heavy atom. The van der Waals surface area contributed by atoms with Gasteiger partial charge in [-0.15, -0.1) is 12.4 Å². The summed E-state index contributed by atoms with van der Waals surface area (Å²) < 4.78 is 37.1. The molecule has 0 spiro atoms. The first-order valence-electron chi connectivity index (χ1n) is 3.51. The lowest BCUT2D eigenvalue weighted by Gasteiger charge is -2.03. The molecule has 0 heterocycles. The van der Waals surface area contributed by atoms with Crippen molar-refractivity contribution in [3.63, 3.8) is 0 Å². The Labute approximate surface area is 87.8 Å². The summed E-state index contributed by atoms with van der Waals surface area (Å²) in [5.74, 6) is -0.597. The number of benzene rings is 1. The van der Waals surface area contributed by atoms with Gasteiger partial charge in [0.2, 0.25) is 10.0 Å². The van der Waals surface area contributed by atoms with Crippen molar-refractivity contribution in [2.75, 3.05) is 6.67 Å². The predicted octanol–water partition coefficient (Wildman–Crippen LogP) is 0.442. The second-order valence-corrected chi connectivity index (χ2v) is 4.08. The van der Waals surface area contributed by atoms with E-state index in [1.807, 2.05) is 4.72 Å². The van der Waals surface area contributed by atoms with Crippen LogP contribution in [0.15, 0.2) is 29.2 Å². The van der Waals surface area contributed by atoms with Crippen LogP contribution < -0.4 is 10.5 Å². The van der Waals surface area contributed by atoms with Crippen molar-refractivity contribution in [3.05, 3.63) is 30.1 Å². The Bertz CT molecular complexity index is 396. The third-order valence-corrected chi connectivity index (χ3v) is 2.80. The molecule has 0 aliphatic heterocycles. The highest BCUT2D eigenvalue weighted by Gasteiger charge is 2.12. The van der Waals surface area contributed by atoms with E-state index in [0.717, 1.165) is 6.07 Å². The number of nitrogens with two attached hydrogens (primary N) is 1. The molecule has 0 amide bonds. The largest absolute Gasteiger partial charge is 0.318 e. The summed E-state index contributed by atoms with van der Waals surface area (Å²) in [6.45, 7) is -0.209. The Kier molecular flexibility index (Phi) is 5.00. The van der Waals surface area contributed by atoms with Gasteiger partial charge in [-0.3, -0.25) is 0 Å². The number of nitrogens with one attached hydrogen (secondary N) is 1.